The van der Waals surface area contributed by atoms with Crippen LogP contribution in [0, 0.1) is 0 Å². The Balaban J connectivity index is 0.849. The number of hydrogen-bond donors (Lipinski definition) is 4. The lowest BCUT2D eigenvalue weighted by molar-refractivity contribution is 0.0688. The highest BCUT2D eigenvalue weighted by molar-refractivity contribution is 6.03. The summed E-state index contributed by atoms with van der Waals surface area (Å²) in [6, 6.07) is 41.1. The van der Waals surface area contributed by atoms with Gasteiger partial charge in [-0.1, -0.05) is 60.7 Å². The highest BCUT2D eigenvalue weighted by Gasteiger charge is 2.21. The summed E-state index contributed by atoms with van der Waals surface area (Å²) in [5, 5.41) is 19.7. The molecular weight excluding hydrogens is 757 g/mol. The van der Waals surface area contributed by atoms with Gasteiger partial charge >= 0.3 is 11.9 Å². The summed E-state index contributed by atoms with van der Waals surface area (Å²) in [4.78, 5) is 33.6. The summed E-state index contributed by atoms with van der Waals surface area (Å²) in [5.74, 6) is 0.657. The molecule has 0 amide bonds. The van der Waals surface area contributed by atoms with Gasteiger partial charge in [0.05, 0.1) is 35.4 Å². The lowest BCUT2D eigenvalue weighted by Crippen LogP contribution is -2.05. The number of nitrogens with two attached hydrogens (primary N) is 2. The van der Waals surface area contributed by atoms with E-state index in [-0.39, 0.29) is 11.1 Å². The van der Waals surface area contributed by atoms with Gasteiger partial charge in [-0.25, -0.2) is 19.6 Å². The molecule has 0 saturated heterocycles. The van der Waals surface area contributed by atoms with Gasteiger partial charge in [-0.05, 0) is 110 Å². The van der Waals surface area contributed by atoms with Gasteiger partial charge in [0.25, 0.3) is 0 Å². The third-order valence-corrected chi connectivity index (χ3v) is 10.5. The Bertz CT molecular complexity index is 2650. The average molecular weight is 801 g/mol. The van der Waals surface area contributed by atoms with E-state index in [1.165, 1.54) is 0 Å². The van der Waals surface area contributed by atoms with Gasteiger partial charge in [0.15, 0.2) is 0 Å². The molecule has 0 spiro atoms. The highest BCUT2D eigenvalue weighted by atomic mass is 16.5. The molecule has 8 aromatic rings. The fourth-order valence-corrected chi connectivity index (χ4v) is 7.54. The number of carboxylic acid groups (broad SMARTS) is 2. The van der Waals surface area contributed by atoms with Crippen molar-refractivity contribution in [3.05, 3.63) is 156 Å². The molecule has 2 aromatic heterocycles. The number of carbonyl (C=O) groups is 2. The third kappa shape index (κ3) is 8.35. The number of hydrogen-bond acceptors (Lipinski definition) is 8. The lowest BCUT2D eigenvalue weighted by Gasteiger charge is -2.13. The third-order valence-electron chi connectivity index (χ3n) is 10.5. The van der Waals surface area contributed by atoms with Crippen molar-refractivity contribution in [1.82, 2.24) is 19.1 Å². The maximum Gasteiger partial charge on any atom is 0.337 e. The topological polar surface area (TPSA) is 181 Å². The zero-order valence-corrected chi connectivity index (χ0v) is 32.8. The van der Waals surface area contributed by atoms with Gasteiger partial charge < -0.3 is 40.3 Å². The number of rotatable bonds is 17. The molecule has 0 aliphatic carbocycles. The number of nitrogens with zero attached hydrogens (tertiary/aromatic N) is 4. The van der Waals surface area contributed by atoms with E-state index in [4.69, 9.17) is 30.9 Å². The maximum absolute atomic E-state index is 12.0. The van der Waals surface area contributed by atoms with Crippen LogP contribution >= 0.6 is 0 Å². The van der Waals surface area contributed by atoms with Gasteiger partial charge in [0.2, 0.25) is 0 Å². The molecule has 0 unspecified atom stereocenters. The van der Waals surface area contributed by atoms with Crippen molar-refractivity contribution in [3.63, 3.8) is 0 Å². The number of nitrogen functional groups attached to an aromatic ring is 2. The number of unbranched alkanes of at least 4 members (excludes halogenated alkanes) is 3. The number of fused-ring (bicyclic) bond motifs is 2. The summed E-state index contributed by atoms with van der Waals surface area (Å²) in [6.07, 6.45) is 3.74. The predicted molar refractivity (Wildman–Crippen MR) is 234 cm³/mol. The summed E-state index contributed by atoms with van der Waals surface area (Å²) in [7, 11) is 0. The first-order valence-electron chi connectivity index (χ1n) is 19.8. The predicted octanol–water partition coefficient (Wildman–Crippen LogP) is 9.40. The van der Waals surface area contributed by atoms with Gasteiger partial charge in [-0.15, -0.1) is 0 Å². The van der Waals surface area contributed by atoms with Crippen molar-refractivity contribution in [3.8, 4) is 34.3 Å². The zero-order chi connectivity index (χ0) is 41.6. The fraction of sp³-hybridized carbons (Fsp3) is 0.167. The molecule has 60 heavy (non-hydrogen) atoms. The second-order valence-corrected chi connectivity index (χ2v) is 14.6. The van der Waals surface area contributed by atoms with E-state index >= 15 is 0 Å². The molecule has 12 nitrogen and oxygen atoms in total. The Morgan fingerprint density at radius 2 is 0.933 bits per heavy atom. The lowest BCUT2D eigenvalue weighted by atomic mass is 10.1. The Morgan fingerprint density at radius 3 is 1.35 bits per heavy atom. The Morgan fingerprint density at radius 1 is 0.517 bits per heavy atom. The first kappa shape index (κ1) is 39.2. The maximum atomic E-state index is 12.0. The van der Waals surface area contributed by atoms with Crippen LogP contribution in [0.5, 0.6) is 11.5 Å². The number of para-hydroxylation sites is 4. The van der Waals surface area contributed by atoms with Gasteiger partial charge in [0.1, 0.15) is 34.2 Å². The molecule has 0 radical (unpaired) electrons. The molecule has 2 heterocycles. The molecule has 0 saturated carbocycles. The summed E-state index contributed by atoms with van der Waals surface area (Å²) < 4.78 is 16.3. The van der Waals surface area contributed by atoms with E-state index < -0.39 is 11.9 Å². The quantitative estimate of drug-likeness (QED) is 0.0512. The number of carboxylic acids is 2. The van der Waals surface area contributed by atoms with Crippen molar-refractivity contribution < 1.29 is 29.3 Å². The zero-order valence-electron chi connectivity index (χ0n) is 32.8. The van der Waals surface area contributed by atoms with Crippen molar-refractivity contribution in [2.45, 2.75) is 38.8 Å². The number of imidazole rings is 2. The number of aromatic carboxylic acids is 2. The minimum atomic E-state index is -1.03. The second-order valence-electron chi connectivity index (χ2n) is 14.6. The standard InChI is InChI=1S/C48H44N6O6/c49-39-21-5-3-17-35(39)45-51-43-37(47(55)56)19-11-23-41(43)53(45)29-31-13-9-15-33(27-31)59-25-7-1-2-8-26-60-34-16-10-14-32(28-34)30-54-42-24-12-20-38(48(57)58)44(42)52-46(54)36-18-4-6-22-40(36)50/h3-6,9-24,27-28H,1-2,7-8,25-26,29-30,49-50H2,(H,55,56)(H,57,58). The van der Waals surface area contributed by atoms with Crippen LogP contribution in [-0.2, 0) is 13.1 Å². The van der Waals surface area contributed by atoms with Crippen LogP contribution in [0.25, 0.3) is 44.8 Å². The van der Waals surface area contributed by atoms with Crippen LogP contribution in [0.4, 0.5) is 11.4 Å². The molecule has 0 bridgehead atoms. The van der Waals surface area contributed by atoms with Crippen molar-refractivity contribution in [1.29, 1.82) is 0 Å². The molecule has 0 fully saturated rings. The van der Waals surface area contributed by atoms with Crippen molar-refractivity contribution >= 4 is 45.4 Å². The van der Waals surface area contributed by atoms with Crippen LogP contribution in [0.3, 0.4) is 0 Å². The second kappa shape index (κ2) is 17.5. The molecular formula is C48H44N6O6. The SMILES string of the molecule is Nc1ccccc1-c1nc2c(C(=O)O)cccc2n1Cc1cccc(OCCCCCCOc2cccc(Cn3c(-c4ccccc4N)nc4c(C(=O)O)cccc43)c2)c1. The molecule has 302 valence electrons. The van der Waals surface area contributed by atoms with E-state index in [9.17, 15) is 19.8 Å². The molecule has 12 heteroatoms. The van der Waals surface area contributed by atoms with Crippen LogP contribution < -0.4 is 20.9 Å². The fourth-order valence-electron chi connectivity index (χ4n) is 7.54. The normalized spacial score (nSPS) is 11.3. The van der Waals surface area contributed by atoms with Crippen LogP contribution in [0.2, 0.25) is 0 Å². The summed E-state index contributed by atoms with van der Waals surface area (Å²) in [6.45, 7) is 2.03. The first-order valence-corrected chi connectivity index (χ1v) is 19.8. The summed E-state index contributed by atoms with van der Waals surface area (Å²) in [5.41, 5.74) is 19.8. The Kier molecular flexibility index (Phi) is 11.4. The van der Waals surface area contributed by atoms with Crippen molar-refractivity contribution in [2.24, 2.45) is 0 Å². The monoisotopic (exact) mass is 800 g/mol. The van der Waals surface area contributed by atoms with E-state index in [1.54, 1.807) is 24.3 Å². The Labute approximate surface area is 346 Å². The van der Waals surface area contributed by atoms with E-state index in [0.717, 1.165) is 59.4 Å². The molecule has 6 N–H and O–H groups in total. The number of ether oxygens (including phenoxy) is 2. The number of benzene rings is 6. The van der Waals surface area contributed by atoms with Crippen molar-refractivity contribution in [2.75, 3.05) is 24.7 Å². The Hall–Kier alpha value is -7.60. The highest BCUT2D eigenvalue weighted by Crippen LogP contribution is 2.33. The van der Waals surface area contributed by atoms with Crippen LogP contribution in [0.1, 0.15) is 57.5 Å². The largest absolute Gasteiger partial charge is 0.494 e. The minimum Gasteiger partial charge on any atom is -0.494 e. The van der Waals surface area contributed by atoms with E-state index in [1.807, 2.05) is 118 Å². The van der Waals surface area contributed by atoms with E-state index in [2.05, 4.69) is 0 Å². The van der Waals surface area contributed by atoms with Gasteiger partial charge in [-0.3, -0.25) is 0 Å². The molecule has 0 aliphatic rings. The first-order chi connectivity index (χ1) is 29.2. The molecule has 0 aliphatic heterocycles. The van der Waals surface area contributed by atoms with E-state index in [0.29, 0.717) is 71.4 Å². The van der Waals surface area contributed by atoms with Gasteiger partial charge in [-0.2, -0.15) is 0 Å². The summed E-state index contributed by atoms with van der Waals surface area (Å²) >= 11 is 0. The molecule has 6 aromatic carbocycles. The van der Waals surface area contributed by atoms with Crippen LogP contribution in [-0.4, -0.2) is 54.5 Å². The number of aromatic nitrogens is 4. The molecule has 0 atom stereocenters. The van der Waals surface area contributed by atoms with Gasteiger partial charge in [0, 0.05) is 35.6 Å². The number of anilines is 2. The minimum absolute atomic E-state index is 0.139. The smallest absolute Gasteiger partial charge is 0.337 e. The van der Waals surface area contributed by atoms with Crippen LogP contribution in [0.15, 0.2) is 133 Å². The molecule has 8 rings (SSSR count). The average Bonchev–Trinajstić information content (AvgIpc) is 3.80.